The highest BCUT2D eigenvalue weighted by Gasteiger charge is 2.48. The molecule has 2 N–H and O–H groups in total. The van der Waals surface area contributed by atoms with Gasteiger partial charge in [-0.05, 0) is 38.5 Å². The Morgan fingerprint density at radius 2 is 2.06 bits per heavy atom. The van der Waals surface area contributed by atoms with E-state index in [1.54, 1.807) is 6.92 Å². The Hall–Kier alpha value is 0.0600. The molecule has 2 aliphatic rings. The lowest BCUT2D eigenvalue weighted by Gasteiger charge is -2.50. The molecule has 2 saturated carbocycles. The topological polar surface area (TPSA) is 32.3 Å². The summed E-state index contributed by atoms with van der Waals surface area (Å²) in [6.45, 7) is 1.79. The van der Waals surface area contributed by atoms with E-state index in [0.717, 1.165) is 32.1 Å². The van der Waals surface area contributed by atoms with Crippen LogP contribution in [0, 0.1) is 5.92 Å². The maximum atomic E-state index is 12.2. The Labute approximate surface area is 103 Å². The van der Waals surface area contributed by atoms with Gasteiger partial charge in [0, 0.05) is 17.5 Å². The van der Waals surface area contributed by atoms with Gasteiger partial charge in [0.1, 0.15) is 0 Å². The molecule has 2 bridgehead atoms. The fourth-order valence-electron chi connectivity index (χ4n) is 3.49. The lowest BCUT2D eigenvalue weighted by Crippen LogP contribution is -2.55. The van der Waals surface area contributed by atoms with Gasteiger partial charge in [0.2, 0.25) is 0 Å². The molecule has 17 heavy (non-hydrogen) atoms. The highest BCUT2D eigenvalue weighted by molar-refractivity contribution is 7.98. The molecule has 0 aliphatic heterocycles. The number of aliphatic hydroxyl groups is 1. The van der Waals surface area contributed by atoms with E-state index in [1.165, 1.54) is 0 Å². The normalized spacial score (nSPS) is 42.5. The quantitative estimate of drug-likeness (QED) is 0.755. The fraction of sp³-hybridized carbons (Fsp3) is 1.00. The molecule has 0 heterocycles. The smallest absolute Gasteiger partial charge is 0.390 e. The Kier molecular flexibility index (Phi) is 3.42. The van der Waals surface area contributed by atoms with Crippen LogP contribution in [0.1, 0.15) is 45.4 Å². The van der Waals surface area contributed by atoms with E-state index in [2.05, 4.69) is 4.72 Å². The number of alkyl halides is 3. The number of hydrogen-bond acceptors (Lipinski definition) is 3. The van der Waals surface area contributed by atoms with Crippen molar-refractivity contribution in [2.45, 2.75) is 62.1 Å². The van der Waals surface area contributed by atoms with E-state index >= 15 is 0 Å². The zero-order valence-corrected chi connectivity index (χ0v) is 10.6. The van der Waals surface area contributed by atoms with E-state index < -0.39 is 16.6 Å². The third-order valence-electron chi connectivity index (χ3n) is 3.79. The average Bonchev–Trinajstić information content (AvgIpc) is 2.11. The Morgan fingerprint density at radius 1 is 1.35 bits per heavy atom. The first-order chi connectivity index (χ1) is 7.70. The monoisotopic (exact) mass is 269 g/mol. The van der Waals surface area contributed by atoms with Crippen molar-refractivity contribution in [1.29, 1.82) is 0 Å². The van der Waals surface area contributed by atoms with Crippen molar-refractivity contribution in [3.05, 3.63) is 0 Å². The molecule has 2 nitrogen and oxygen atoms in total. The van der Waals surface area contributed by atoms with Crippen molar-refractivity contribution >= 4 is 11.9 Å². The maximum absolute atomic E-state index is 12.2. The van der Waals surface area contributed by atoms with Crippen LogP contribution in [0.15, 0.2) is 0 Å². The summed E-state index contributed by atoms with van der Waals surface area (Å²) >= 11 is -0.185. The SMILES string of the molecule is CC1(NSC(F)(F)F)CC2CCCC(O)(C2)C1. The average molecular weight is 269 g/mol. The number of halogens is 3. The van der Waals surface area contributed by atoms with Crippen molar-refractivity contribution in [3.8, 4) is 0 Å². The molecule has 0 aromatic heterocycles. The minimum absolute atomic E-state index is 0.185. The highest BCUT2D eigenvalue weighted by atomic mass is 32.2. The molecular weight excluding hydrogens is 251 g/mol. The summed E-state index contributed by atoms with van der Waals surface area (Å²) in [7, 11) is 0. The fourth-order valence-corrected chi connectivity index (χ4v) is 4.01. The first-order valence-corrected chi connectivity index (χ1v) is 6.76. The van der Waals surface area contributed by atoms with Crippen LogP contribution in [0.4, 0.5) is 13.2 Å². The lowest BCUT2D eigenvalue weighted by atomic mass is 9.63. The van der Waals surface area contributed by atoms with Crippen molar-refractivity contribution in [2.75, 3.05) is 0 Å². The summed E-state index contributed by atoms with van der Waals surface area (Å²) in [5.41, 5.74) is -5.63. The number of fused-ring (bicyclic) bond motifs is 2. The van der Waals surface area contributed by atoms with Gasteiger partial charge in [0.15, 0.2) is 0 Å². The summed E-state index contributed by atoms with van der Waals surface area (Å²) in [5.74, 6) is 0.355. The standard InChI is InChI=1S/C11H18F3NOS/c1-9(15-17-11(12,13)14)5-8-3-2-4-10(16,6-8)7-9/h8,15-16H,2-7H2,1H3. The predicted molar refractivity (Wildman–Crippen MR) is 61.3 cm³/mol. The Bertz CT molecular complexity index is 299. The van der Waals surface area contributed by atoms with Gasteiger partial charge < -0.3 is 5.11 Å². The van der Waals surface area contributed by atoms with Gasteiger partial charge >= 0.3 is 5.51 Å². The summed E-state index contributed by atoms with van der Waals surface area (Å²) in [6.07, 6.45) is 4.62. The van der Waals surface area contributed by atoms with Crippen molar-refractivity contribution < 1.29 is 18.3 Å². The van der Waals surface area contributed by atoms with Crippen LogP contribution in [0.25, 0.3) is 0 Å². The van der Waals surface area contributed by atoms with Gasteiger partial charge in [-0.25, -0.2) is 0 Å². The van der Waals surface area contributed by atoms with Gasteiger partial charge in [-0.2, -0.15) is 13.2 Å². The number of hydrogen-bond donors (Lipinski definition) is 2. The zero-order chi connectivity index (χ0) is 12.7. The van der Waals surface area contributed by atoms with Gasteiger partial charge in [-0.3, -0.25) is 4.72 Å². The first-order valence-electron chi connectivity index (χ1n) is 5.94. The van der Waals surface area contributed by atoms with Crippen LogP contribution in [-0.4, -0.2) is 21.8 Å². The molecule has 0 radical (unpaired) electrons. The molecule has 0 amide bonds. The van der Waals surface area contributed by atoms with Crippen LogP contribution in [0.2, 0.25) is 0 Å². The van der Waals surface area contributed by atoms with Crippen LogP contribution in [0.3, 0.4) is 0 Å². The molecule has 0 spiro atoms. The summed E-state index contributed by atoms with van der Waals surface area (Å²) in [6, 6.07) is 0. The second-order valence-corrected chi connectivity index (χ2v) is 6.65. The predicted octanol–water partition coefficient (Wildman–Crippen LogP) is 3.22. The third-order valence-corrected chi connectivity index (χ3v) is 4.62. The molecule has 100 valence electrons. The summed E-state index contributed by atoms with van der Waals surface area (Å²) < 4.78 is 39.1. The Morgan fingerprint density at radius 3 is 2.65 bits per heavy atom. The maximum Gasteiger partial charge on any atom is 0.456 e. The first kappa shape index (κ1) is 13.5. The molecule has 3 atom stereocenters. The molecule has 2 rings (SSSR count). The summed E-state index contributed by atoms with van der Waals surface area (Å²) in [5, 5.41) is 10.3. The van der Waals surface area contributed by atoms with E-state index in [4.69, 9.17) is 0 Å². The second-order valence-electron chi connectivity index (χ2n) is 5.78. The number of nitrogens with one attached hydrogen (secondary N) is 1. The molecule has 2 fully saturated rings. The van der Waals surface area contributed by atoms with Gasteiger partial charge in [0.25, 0.3) is 0 Å². The van der Waals surface area contributed by atoms with Crippen LogP contribution in [-0.2, 0) is 0 Å². The number of rotatable bonds is 2. The molecule has 6 heteroatoms. The Balaban J connectivity index is 2.00. The van der Waals surface area contributed by atoms with Crippen LogP contribution >= 0.6 is 11.9 Å². The van der Waals surface area contributed by atoms with Gasteiger partial charge in [-0.1, -0.05) is 12.8 Å². The molecular formula is C11H18F3NOS. The lowest BCUT2D eigenvalue weighted by molar-refractivity contribution is -0.0753. The molecule has 0 saturated heterocycles. The minimum atomic E-state index is -4.27. The summed E-state index contributed by atoms with van der Waals surface area (Å²) in [4.78, 5) is 0. The van der Waals surface area contributed by atoms with Crippen molar-refractivity contribution in [3.63, 3.8) is 0 Å². The van der Waals surface area contributed by atoms with E-state index in [1.807, 2.05) is 0 Å². The molecule has 0 aromatic carbocycles. The van der Waals surface area contributed by atoms with Crippen molar-refractivity contribution in [1.82, 2.24) is 4.72 Å². The van der Waals surface area contributed by atoms with E-state index in [0.29, 0.717) is 12.3 Å². The van der Waals surface area contributed by atoms with Gasteiger partial charge in [0.05, 0.1) is 5.60 Å². The molecule has 2 aliphatic carbocycles. The molecule has 3 unspecified atom stereocenters. The van der Waals surface area contributed by atoms with Crippen LogP contribution in [0.5, 0.6) is 0 Å². The molecule has 0 aromatic rings. The largest absolute Gasteiger partial charge is 0.456 e. The van der Waals surface area contributed by atoms with E-state index in [9.17, 15) is 18.3 Å². The van der Waals surface area contributed by atoms with E-state index in [-0.39, 0.29) is 11.9 Å². The third kappa shape index (κ3) is 3.51. The zero-order valence-electron chi connectivity index (χ0n) is 9.81. The van der Waals surface area contributed by atoms with Gasteiger partial charge in [-0.15, -0.1) is 0 Å². The highest BCUT2D eigenvalue weighted by Crippen LogP contribution is 2.48. The minimum Gasteiger partial charge on any atom is -0.390 e. The second kappa shape index (κ2) is 4.31. The van der Waals surface area contributed by atoms with Crippen molar-refractivity contribution in [2.24, 2.45) is 5.92 Å². The van der Waals surface area contributed by atoms with Crippen LogP contribution < -0.4 is 4.72 Å².